The lowest BCUT2D eigenvalue weighted by atomic mass is 9.76. The number of aliphatic hydroxyl groups is 1. The maximum atomic E-state index is 10.2. The predicted octanol–water partition coefficient (Wildman–Crippen LogP) is 3.17. The number of rotatable bonds is 4. The molecule has 2 aromatic rings. The lowest BCUT2D eigenvalue weighted by molar-refractivity contribution is 0.185. The van der Waals surface area contributed by atoms with Gasteiger partial charge in [-0.05, 0) is 25.8 Å². The predicted molar refractivity (Wildman–Crippen MR) is 75.1 cm³/mol. The molecule has 1 aromatic carbocycles. The standard InChI is InChI=1S/C14H18NO2S/c1-4-14(5-2,8-16)10-6-13-11(7-12(10)17)15-9(3)18-13/h6-7,16-17H,1,4-5,8H2,2-3H3. The van der Waals surface area contributed by atoms with E-state index in [1.165, 1.54) is 0 Å². The average Bonchev–Trinajstić information content (AvgIpc) is 2.71. The highest BCUT2D eigenvalue weighted by atomic mass is 32.1. The Hall–Kier alpha value is -1.13. The molecule has 0 bridgehead atoms. The normalized spacial score (nSPS) is 12.2. The van der Waals surface area contributed by atoms with Crippen LogP contribution in [0.3, 0.4) is 0 Å². The van der Waals surface area contributed by atoms with Crippen LogP contribution in [0.2, 0.25) is 0 Å². The second-order valence-electron chi connectivity index (χ2n) is 4.61. The molecule has 1 radical (unpaired) electrons. The number of aromatic nitrogens is 1. The van der Waals surface area contributed by atoms with Crippen LogP contribution >= 0.6 is 11.3 Å². The van der Waals surface area contributed by atoms with Crippen LogP contribution < -0.4 is 0 Å². The summed E-state index contributed by atoms with van der Waals surface area (Å²) in [5.74, 6) is 0.201. The van der Waals surface area contributed by atoms with E-state index in [0.29, 0.717) is 6.42 Å². The van der Waals surface area contributed by atoms with E-state index in [-0.39, 0.29) is 12.4 Å². The number of phenols is 1. The number of benzene rings is 1. The minimum absolute atomic E-state index is 0.0101. The van der Waals surface area contributed by atoms with Gasteiger partial charge in [0, 0.05) is 17.0 Å². The van der Waals surface area contributed by atoms with Gasteiger partial charge in [-0.15, -0.1) is 11.3 Å². The number of aliphatic hydroxyl groups excluding tert-OH is 1. The number of hydrogen-bond acceptors (Lipinski definition) is 4. The molecule has 1 atom stereocenters. The van der Waals surface area contributed by atoms with Gasteiger partial charge in [0.05, 0.1) is 21.8 Å². The summed E-state index contributed by atoms with van der Waals surface area (Å²) >= 11 is 1.60. The Morgan fingerprint density at radius 3 is 2.72 bits per heavy atom. The topological polar surface area (TPSA) is 53.4 Å². The van der Waals surface area contributed by atoms with Crippen LogP contribution in [0.15, 0.2) is 12.1 Å². The fourth-order valence-electron chi connectivity index (χ4n) is 2.28. The quantitative estimate of drug-likeness (QED) is 0.891. The van der Waals surface area contributed by atoms with Gasteiger partial charge >= 0.3 is 0 Å². The minimum atomic E-state index is -0.462. The van der Waals surface area contributed by atoms with Crippen molar-refractivity contribution in [2.75, 3.05) is 6.61 Å². The summed E-state index contributed by atoms with van der Waals surface area (Å²) in [6.45, 7) is 7.86. The van der Waals surface area contributed by atoms with Crippen molar-refractivity contribution >= 4 is 21.6 Å². The summed E-state index contributed by atoms with van der Waals surface area (Å²) in [5, 5.41) is 20.8. The van der Waals surface area contributed by atoms with Crippen LogP contribution in [-0.2, 0) is 5.41 Å². The van der Waals surface area contributed by atoms with Crippen LogP contribution in [-0.4, -0.2) is 21.8 Å². The first-order valence-corrected chi connectivity index (χ1v) is 6.88. The molecule has 2 rings (SSSR count). The monoisotopic (exact) mass is 264 g/mol. The van der Waals surface area contributed by atoms with E-state index in [0.717, 1.165) is 27.2 Å². The molecule has 1 heterocycles. The van der Waals surface area contributed by atoms with Crippen molar-refractivity contribution in [3.8, 4) is 5.75 Å². The Morgan fingerprint density at radius 2 is 2.17 bits per heavy atom. The number of aryl methyl sites for hydroxylation is 1. The SMILES string of the molecule is [CH2]CC(CC)(CO)c1cc2sc(C)nc2cc1O. The van der Waals surface area contributed by atoms with Crippen LogP contribution in [0, 0.1) is 13.8 Å². The van der Waals surface area contributed by atoms with Crippen LogP contribution in [0.4, 0.5) is 0 Å². The molecule has 0 saturated heterocycles. The molecular weight excluding hydrogens is 246 g/mol. The van der Waals surface area contributed by atoms with Gasteiger partial charge < -0.3 is 10.2 Å². The first-order valence-electron chi connectivity index (χ1n) is 6.07. The van der Waals surface area contributed by atoms with Gasteiger partial charge in [-0.2, -0.15) is 0 Å². The molecule has 0 spiro atoms. The summed E-state index contributed by atoms with van der Waals surface area (Å²) < 4.78 is 1.04. The first-order chi connectivity index (χ1) is 8.56. The van der Waals surface area contributed by atoms with Gasteiger partial charge in [0.25, 0.3) is 0 Å². The molecular formula is C14H18NO2S. The van der Waals surface area contributed by atoms with E-state index >= 15 is 0 Å². The third kappa shape index (κ3) is 1.99. The van der Waals surface area contributed by atoms with Crippen molar-refractivity contribution in [2.45, 2.75) is 32.1 Å². The van der Waals surface area contributed by atoms with Gasteiger partial charge in [-0.1, -0.05) is 13.8 Å². The lowest BCUT2D eigenvalue weighted by Gasteiger charge is -2.30. The summed E-state index contributed by atoms with van der Waals surface area (Å²) in [5.41, 5.74) is 1.13. The van der Waals surface area contributed by atoms with Gasteiger partial charge in [-0.3, -0.25) is 0 Å². The largest absolute Gasteiger partial charge is 0.508 e. The smallest absolute Gasteiger partial charge is 0.121 e. The molecule has 0 aliphatic carbocycles. The van der Waals surface area contributed by atoms with Crippen molar-refractivity contribution in [1.82, 2.24) is 4.98 Å². The highest BCUT2D eigenvalue weighted by Crippen LogP contribution is 2.40. The molecule has 2 N–H and O–H groups in total. The fraction of sp³-hybridized carbons (Fsp3) is 0.429. The Balaban J connectivity index is 2.65. The molecule has 3 nitrogen and oxygen atoms in total. The molecule has 0 fully saturated rings. The zero-order valence-corrected chi connectivity index (χ0v) is 11.5. The molecule has 1 unspecified atom stereocenters. The number of thiazole rings is 1. The van der Waals surface area contributed by atoms with Gasteiger partial charge in [0.2, 0.25) is 0 Å². The maximum Gasteiger partial charge on any atom is 0.121 e. The second-order valence-corrected chi connectivity index (χ2v) is 5.85. The Kier molecular flexibility index (Phi) is 3.59. The van der Waals surface area contributed by atoms with Gasteiger partial charge in [-0.25, -0.2) is 4.98 Å². The van der Waals surface area contributed by atoms with E-state index in [1.807, 2.05) is 19.9 Å². The van der Waals surface area contributed by atoms with E-state index in [1.54, 1.807) is 17.4 Å². The maximum absolute atomic E-state index is 10.2. The third-order valence-electron chi connectivity index (χ3n) is 3.64. The number of phenolic OH excluding ortho intramolecular Hbond substituents is 1. The number of aromatic hydroxyl groups is 1. The average molecular weight is 264 g/mol. The van der Waals surface area contributed by atoms with E-state index in [2.05, 4.69) is 11.9 Å². The van der Waals surface area contributed by atoms with Crippen LogP contribution in [0.1, 0.15) is 30.3 Å². The number of nitrogens with zero attached hydrogens (tertiary/aromatic N) is 1. The minimum Gasteiger partial charge on any atom is -0.508 e. The highest BCUT2D eigenvalue weighted by molar-refractivity contribution is 7.18. The van der Waals surface area contributed by atoms with Gasteiger partial charge in [0.1, 0.15) is 5.75 Å². The molecule has 4 heteroatoms. The van der Waals surface area contributed by atoms with Crippen LogP contribution in [0.5, 0.6) is 5.75 Å². The second kappa shape index (κ2) is 4.86. The molecule has 97 valence electrons. The Morgan fingerprint density at radius 1 is 1.44 bits per heavy atom. The number of fused-ring (bicyclic) bond motifs is 1. The summed E-state index contributed by atoms with van der Waals surface area (Å²) in [6, 6.07) is 3.63. The van der Waals surface area contributed by atoms with E-state index < -0.39 is 5.41 Å². The fourth-order valence-corrected chi connectivity index (χ4v) is 3.13. The summed E-state index contributed by atoms with van der Waals surface area (Å²) in [6.07, 6.45) is 1.29. The first kappa shape index (κ1) is 13.3. The molecule has 0 amide bonds. The summed E-state index contributed by atoms with van der Waals surface area (Å²) in [7, 11) is 0. The Bertz CT molecular complexity index is 550. The van der Waals surface area contributed by atoms with Crippen molar-refractivity contribution in [3.05, 3.63) is 29.6 Å². The van der Waals surface area contributed by atoms with Crippen LogP contribution in [0.25, 0.3) is 10.2 Å². The molecule has 1 aromatic heterocycles. The third-order valence-corrected chi connectivity index (χ3v) is 4.58. The zero-order valence-electron chi connectivity index (χ0n) is 10.7. The van der Waals surface area contributed by atoms with Gasteiger partial charge in [0.15, 0.2) is 0 Å². The van der Waals surface area contributed by atoms with E-state index in [9.17, 15) is 10.2 Å². The highest BCUT2D eigenvalue weighted by Gasteiger charge is 2.31. The molecule has 18 heavy (non-hydrogen) atoms. The Labute approximate surface area is 111 Å². The summed E-state index contributed by atoms with van der Waals surface area (Å²) in [4.78, 5) is 4.36. The lowest BCUT2D eigenvalue weighted by Crippen LogP contribution is -2.29. The van der Waals surface area contributed by atoms with Crippen molar-refractivity contribution in [2.24, 2.45) is 0 Å². The zero-order chi connectivity index (χ0) is 13.3. The molecule has 0 aliphatic rings. The molecule has 0 saturated carbocycles. The van der Waals surface area contributed by atoms with Crippen molar-refractivity contribution in [1.29, 1.82) is 0 Å². The van der Waals surface area contributed by atoms with Crippen molar-refractivity contribution in [3.63, 3.8) is 0 Å². The van der Waals surface area contributed by atoms with E-state index in [4.69, 9.17) is 0 Å². The molecule has 0 aliphatic heterocycles. The number of hydrogen-bond donors (Lipinski definition) is 2. The van der Waals surface area contributed by atoms with Crippen molar-refractivity contribution < 1.29 is 10.2 Å².